The van der Waals surface area contributed by atoms with E-state index in [9.17, 15) is 0 Å². The van der Waals surface area contributed by atoms with E-state index in [0.717, 1.165) is 0 Å². The molecule has 0 bridgehead atoms. The second-order valence-electron chi connectivity index (χ2n) is 3.57. The summed E-state index contributed by atoms with van der Waals surface area (Å²) >= 11 is 4.25. The average molecular weight is 321 g/mol. The fourth-order valence-corrected chi connectivity index (χ4v) is 1.52. The SMILES string of the molecule is CCCCCCCc1cc[c-]cc1.[Zn+][Br]. The van der Waals surface area contributed by atoms with Gasteiger partial charge in [-0.2, -0.15) is 35.9 Å². The van der Waals surface area contributed by atoms with E-state index < -0.39 is 0 Å². The van der Waals surface area contributed by atoms with Crippen molar-refractivity contribution in [2.24, 2.45) is 0 Å². The van der Waals surface area contributed by atoms with Gasteiger partial charge < -0.3 is 0 Å². The molecule has 80 valence electrons. The van der Waals surface area contributed by atoms with E-state index in [1.165, 1.54) is 60.4 Å². The first-order chi connectivity index (χ1) is 7.43. The number of hydrogen-bond acceptors (Lipinski definition) is 0. The van der Waals surface area contributed by atoms with Gasteiger partial charge in [-0.1, -0.05) is 45.4 Å². The Morgan fingerprint density at radius 2 is 1.67 bits per heavy atom. The van der Waals surface area contributed by atoms with Crippen molar-refractivity contribution in [2.75, 3.05) is 0 Å². The zero-order valence-electron chi connectivity index (χ0n) is 9.64. The summed E-state index contributed by atoms with van der Waals surface area (Å²) in [6, 6.07) is 11.4. The molecule has 0 radical (unpaired) electrons. The molecular formula is C13H19BrZn. The number of benzene rings is 1. The second kappa shape index (κ2) is 12.4. The molecule has 0 fully saturated rings. The quantitative estimate of drug-likeness (QED) is 0.399. The van der Waals surface area contributed by atoms with Crippen molar-refractivity contribution in [3.63, 3.8) is 0 Å². The maximum atomic E-state index is 3.06. The third kappa shape index (κ3) is 9.26. The summed E-state index contributed by atoms with van der Waals surface area (Å²) in [5.41, 5.74) is 1.45. The molecule has 0 saturated carbocycles. The van der Waals surface area contributed by atoms with Crippen molar-refractivity contribution in [3.8, 4) is 0 Å². The van der Waals surface area contributed by atoms with E-state index in [4.69, 9.17) is 0 Å². The van der Waals surface area contributed by atoms with Crippen molar-refractivity contribution in [2.45, 2.75) is 45.4 Å². The Morgan fingerprint density at radius 3 is 2.27 bits per heavy atom. The summed E-state index contributed by atoms with van der Waals surface area (Å²) in [5.74, 6) is 0. The third-order valence-electron chi connectivity index (χ3n) is 2.36. The van der Waals surface area contributed by atoms with Crippen LogP contribution in [0.5, 0.6) is 0 Å². The van der Waals surface area contributed by atoms with Gasteiger partial charge in [0, 0.05) is 0 Å². The van der Waals surface area contributed by atoms with Crippen molar-refractivity contribution in [1.29, 1.82) is 0 Å². The van der Waals surface area contributed by atoms with E-state index in [2.05, 4.69) is 38.7 Å². The molecule has 0 aliphatic rings. The molecule has 1 aromatic rings. The van der Waals surface area contributed by atoms with Crippen LogP contribution in [0.3, 0.4) is 0 Å². The normalized spacial score (nSPS) is 9.33. The number of unbranched alkanes of at least 4 members (excludes halogenated alkanes) is 4. The Morgan fingerprint density at radius 1 is 1.07 bits per heavy atom. The summed E-state index contributed by atoms with van der Waals surface area (Å²) in [4.78, 5) is 0. The van der Waals surface area contributed by atoms with Gasteiger partial charge in [-0.3, -0.25) is 0 Å². The third-order valence-corrected chi connectivity index (χ3v) is 2.36. The standard InChI is InChI=1S/C13H19.BrH.Zn/c1-2-3-4-5-7-10-13-11-8-6-9-12-13;;/h8-9,11-12H,2-5,7,10H2,1H3;1H;/q-1;;+2/p-1. The number of rotatable bonds is 6. The fraction of sp³-hybridized carbons (Fsp3) is 0.538. The molecule has 0 atom stereocenters. The maximum absolute atomic E-state index is 3.06. The van der Waals surface area contributed by atoms with E-state index >= 15 is 0 Å². The van der Waals surface area contributed by atoms with Crippen LogP contribution in [0.25, 0.3) is 0 Å². The first kappa shape index (κ1) is 15.3. The number of halogens is 1. The van der Waals surface area contributed by atoms with Crippen LogP contribution in [-0.2, 0) is 22.8 Å². The fourth-order valence-electron chi connectivity index (χ4n) is 1.52. The van der Waals surface area contributed by atoms with Crippen molar-refractivity contribution in [1.82, 2.24) is 0 Å². The molecule has 2 heteroatoms. The molecular weight excluding hydrogens is 301 g/mol. The molecule has 0 aromatic heterocycles. The second-order valence-corrected chi connectivity index (χ2v) is 3.57. The minimum absolute atomic E-state index is 1.19. The molecule has 0 aliphatic carbocycles. The van der Waals surface area contributed by atoms with Crippen LogP contribution in [-0.4, -0.2) is 0 Å². The van der Waals surface area contributed by atoms with Gasteiger partial charge in [-0.25, -0.2) is 0 Å². The molecule has 0 amide bonds. The van der Waals surface area contributed by atoms with Crippen molar-refractivity contribution < 1.29 is 16.3 Å². The van der Waals surface area contributed by atoms with Crippen LogP contribution in [0, 0.1) is 6.07 Å². The zero-order chi connectivity index (χ0) is 11.4. The van der Waals surface area contributed by atoms with Gasteiger partial charge in [0.1, 0.15) is 0 Å². The minimum atomic E-state index is 1.19. The van der Waals surface area contributed by atoms with E-state index in [1.54, 1.807) is 0 Å². The Kier molecular flexibility index (Phi) is 12.7. The average Bonchev–Trinajstić information content (AvgIpc) is 2.33. The Balaban J connectivity index is 0.000000921. The summed E-state index contributed by atoms with van der Waals surface area (Å²) in [7, 11) is 0. The molecule has 1 aromatic carbocycles. The number of hydrogen-bond donors (Lipinski definition) is 0. The summed E-state index contributed by atoms with van der Waals surface area (Å²) < 4.78 is 0. The van der Waals surface area contributed by atoms with Crippen LogP contribution in [0.2, 0.25) is 0 Å². The topological polar surface area (TPSA) is 0 Å². The van der Waals surface area contributed by atoms with Crippen molar-refractivity contribution in [3.05, 3.63) is 35.9 Å². The van der Waals surface area contributed by atoms with Crippen LogP contribution >= 0.6 is 13.6 Å². The molecule has 0 nitrogen and oxygen atoms in total. The Hall–Kier alpha value is 0.323. The molecule has 15 heavy (non-hydrogen) atoms. The van der Waals surface area contributed by atoms with Gasteiger partial charge >= 0.3 is 30.0 Å². The molecule has 1 rings (SSSR count). The Labute approximate surface area is 111 Å². The molecule has 0 heterocycles. The van der Waals surface area contributed by atoms with Gasteiger partial charge in [-0.05, 0) is 0 Å². The van der Waals surface area contributed by atoms with Crippen LogP contribution < -0.4 is 0 Å². The molecule has 0 N–H and O–H groups in total. The monoisotopic (exact) mass is 318 g/mol. The van der Waals surface area contributed by atoms with E-state index in [1.807, 2.05) is 12.1 Å². The van der Waals surface area contributed by atoms with E-state index in [0.29, 0.717) is 0 Å². The van der Waals surface area contributed by atoms with Gasteiger partial charge in [0.2, 0.25) is 0 Å². The van der Waals surface area contributed by atoms with E-state index in [-0.39, 0.29) is 0 Å². The number of aryl methyl sites for hydroxylation is 1. The van der Waals surface area contributed by atoms with Crippen LogP contribution in [0.1, 0.15) is 44.6 Å². The zero-order valence-corrected chi connectivity index (χ0v) is 14.2. The van der Waals surface area contributed by atoms with Crippen LogP contribution in [0.15, 0.2) is 24.3 Å². The summed E-state index contributed by atoms with van der Waals surface area (Å²) in [6.45, 7) is 2.26. The van der Waals surface area contributed by atoms with Crippen LogP contribution in [0.4, 0.5) is 0 Å². The molecule has 0 unspecified atom stereocenters. The molecule has 0 saturated heterocycles. The predicted octanol–water partition coefficient (Wildman–Crippen LogP) is 4.84. The first-order valence-corrected chi connectivity index (χ1v) is 12.6. The van der Waals surface area contributed by atoms with Gasteiger partial charge in [-0.15, -0.1) is 0 Å². The van der Waals surface area contributed by atoms with Crippen molar-refractivity contribution >= 4 is 13.6 Å². The summed E-state index contributed by atoms with van der Waals surface area (Å²) in [6.07, 6.45) is 8.08. The first-order valence-electron chi connectivity index (χ1n) is 5.65. The Bertz CT molecular complexity index is 211. The van der Waals surface area contributed by atoms with Gasteiger partial charge in [0.05, 0.1) is 0 Å². The molecule has 0 spiro atoms. The van der Waals surface area contributed by atoms with Gasteiger partial charge in [0.25, 0.3) is 0 Å². The summed E-state index contributed by atoms with van der Waals surface area (Å²) in [5, 5.41) is 0. The van der Waals surface area contributed by atoms with Gasteiger partial charge in [0.15, 0.2) is 0 Å². The molecule has 0 aliphatic heterocycles. The predicted molar refractivity (Wildman–Crippen MR) is 66.7 cm³/mol.